The lowest BCUT2D eigenvalue weighted by atomic mass is 10.1. The van der Waals surface area contributed by atoms with E-state index in [9.17, 15) is 9.59 Å². The maximum absolute atomic E-state index is 11.8. The summed E-state index contributed by atoms with van der Waals surface area (Å²) in [7, 11) is 1.31. The number of carbonyl (C=O) groups excluding carboxylic acids is 2. The summed E-state index contributed by atoms with van der Waals surface area (Å²) in [6, 6.07) is 3.70. The topological polar surface area (TPSA) is 70.4 Å². The van der Waals surface area contributed by atoms with Gasteiger partial charge in [-0.05, 0) is 11.4 Å². The highest BCUT2D eigenvalue weighted by molar-refractivity contribution is 7.14. The van der Waals surface area contributed by atoms with Crippen LogP contribution >= 0.6 is 11.3 Å². The molecule has 1 aromatic rings. The number of hydrogen-bond donors (Lipinski definition) is 0. The minimum absolute atomic E-state index is 0.139. The molecule has 1 aliphatic rings. The lowest BCUT2D eigenvalue weighted by Crippen LogP contribution is -2.25. The van der Waals surface area contributed by atoms with Crippen molar-refractivity contribution in [2.24, 2.45) is 5.92 Å². The van der Waals surface area contributed by atoms with Gasteiger partial charge in [0.15, 0.2) is 0 Å². The Kier molecular flexibility index (Phi) is 3.11. The predicted molar refractivity (Wildman–Crippen MR) is 61.5 cm³/mol. The van der Waals surface area contributed by atoms with Crippen molar-refractivity contribution in [1.82, 2.24) is 0 Å². The predicted octanol–water partition coefficient (Wildman–Crippen LogP) is 1.15. The minimum atomic E-state index is -0.429. The number of carbonyl (C=O) groups is 2. The summed E-state index contributed by atoms with van der Waals surface area (Å²) >= 11 is 1.33. The molecule has 0 radical (unpaired) electrons. The van der Waals surface area contributed by atoms with Gasteiger partial charge in [-0.2, -0.15) is 5.26 Å². The molecule has 2 rings (SSSR count). The van der Waals surface area contributed by atoms with Gasteiger partial charge in [0.1, 0.15) is 11.1 Å². The summed E-state index contributed by atoms with van der Waals surface area (Å²) in [5, 5.41) is 11.3. The Balaban J connectivity index is 2.22. The van der Waals surface area contributed by atoms with Gasteiger partial charge < -0.3 is 9.64 Å². The molecule has 6 heteroatoms. The zero-order chi connectivity index (χ0) is 12.4. The number of amides is 1. The van der Waals surface area contributed by atoms with E-state index in [1.54, 1.807) is 11.4 Å². The zero-order valence-corrected chi connectivity index (χ0v) is 9.99. The van der Waals surface area contributed by atoms with E-state index in [0.717, 1.165) is 0 Å². The molecule has 5 nitrogen and oxygen atoms in total. The molecule has 0 saturated carbocycles. The van der Waals surface area contributed by atoms with Crippen LogP contribution in [-0.4, -0.2) is 25.5 Å². The van der Waals surface area contributed by atoms with Crippen molar-refractivity contribution in [3.63, 3.8) is 0 Å². The standard InChI is InChI=1S/C11H10N2O3S/c1-16-11(15)8-4-9(14)13(6-8)10-7(5-12)2-3-17-10/h2-3,8H,4,6H2,1H3. The molecule has 17 heavy (non-hydrogen) atoms. The smallest absolute Gasteiger partial charge is 0.311 e. The zero-order valence-electron chi connectivity index (χ0n) is 9.17. The van der Waals surface area contributed by atoms with Crippen LogP contribution in [0, 0.1) is 17.2 Å². The number of methoxy groups -OCH3 is 1. The van der Waals surface area contributed by atoms with Crippen molar-refractivity contribution in [2.75, 3.05) is 18.6 Å². The Morgan fingerprint density at radius 1 is 1.71 bits per heavy atom. The van der Waals surface area contributed by atoms with Gasteiger partial charge in [0.25, 0.3) is 0 Å². The van der Waals surface area contributed by atoms with Crippen LogP contribution in [0.15, 0.2) is 11.4 Å². The van der Waals surface area contributed by atoms with Crippen molar-refractivity contribution in [3.8, 4) is 6.07 Å². The average Bonchev–Trinajstić information content (AvgIpc) is 2.93. The highest BCUT2D eigenvalue weighted by Crippen LogP contribution is 2.32. The first-order valence-corrected chi connectivity index (χ1v) is 5.91. The van der Waals surface area contributed by atoms with E-state index in [1.807, 2.05) is 6.07 Å². The van der Waals surface area contributed by atoms with Crippen LogP contribution in [0.1, 0.15) is 12.0 Å². The van der Waals surface area contributed by atoms with E-state index < -0.39 is 5.92 Å². The molecular formula is C11H10N2O3S. The Morgan fingerprint density at radius 3 is 3.12 bits per heavy atom. The maximum atomic E-state index is 11.8. The number of anilines is 1. The summed E-state index contributed by atoms with van der Waals surface area (Å²) < 4.78 is 4.63. The van der Waals surface area contributed by atoms with E-state index in [0.29, 0.717) is 17.1 Å². The van der Waals surface area contributed by atoms with Crippen LogP contribution in [-0.2, 0) is 14.3 Å². The van der Waals surface area contributed by atoms with E-state index in [-0.39, 0.29) is 18.3 Å². The molecule has 1 aromatic heterocycles. The van der Waals surface area contributed by atoms with Gasteiger partial charge in [-0.15, -0.1) is 11.3 Å². The molecule has 0 bridgehead atoms. The molecule has 1 fully saturated rings. The van der Waals surface area contributed by atoms with E-state index in [4.69, 9.17) is 5.26 Å². The third kappa shape index (κ3) is 2.01. The molecule has 1 atom stereocenters. The number of esters is 1. The summed E-state index contributed by atoms with van der Waals surface area (Å²) in [6.07, 6.45) is 0.148. The van der Waals surface area contributed by atoms with Crippen LogP contribution < -0.4 is 4.90 Å². The van der Waals surface area contributed by atoms with Crippen molar-refractivity contribution in [1.29, 1.82) is 5.26 Å². The van der Waals surface area contributed by atoms with Crippen LogP contribution in [0.2, 0.25) is 0 Å². The number of hydrogen-bond acceptors (Lipinski definition) is 5. The SMILES string of the molecule is COC(=O)C1CC(=O)N(c2sccc2C#N)C1. The summed E-state index contributed by atoms with van der Waals surface area (Å²) in [5.74, 6) is -0.948. The fourth-order valence-corrected chi connectivity index (χ4v) is 2.70. The monoisotopic (exact) mass is 250 g/mol. The molecule has 1 saturated heterocycles. The largest absolute Gasteiger partial charge is 0.469 e. The van der Waals surface area contributed by atoms with Gasteiger partial charge >= 0.3 is 5.97 Å². The lowest BCUT2D eigenvalue weighted by molar-refractivity contribution is -0.145. The molecule has 0 aliphatic carbocycles. The van der Waals surface area contributed by atoms with E-state index in [1.165, 1.54) is 23.3 Å². The normalized spacial score (nSPS) is 19.2. The second-order valence-corrected chi connectivity index (χ2v) is 4.57. The van der Waals surface area contributed by atoms with Crippen LogP contribution in [0.25, 0.3) is 0 Å². The molecule has 88 valence electrons. The Bertz CT molecular complexity index is 503. The van der Waals surface area contributed by atoms with Gasteiger partial charge in [-0.25, -0.2) is 0 Å². The van der Waals surface area contributed by atoms with Crippen molar-refractivity contribution in [3.05, 3.63) is 17.0 Å². The van der Waals surface area contributed by atoms with Crippen LogP contribution in [0.4, 0.5) is 5.00 Å². The molecule has 0 aromatic carbocycles. The number of nitriles is 1. The van der Waals surface area contributed by atoms with Crippen molar-refractivity contribution >= 4 is 28.2 Å². The summed E-state index contributed by atoms with van der Waals surface area (Å²) in [6.45, 7) is 0.292. The fourth-order valence-electron chi connectivity index (χ4n) is 1.82. The number of rotatable bonds is 2. The Morgan fingerprint density at radius 2 is 2.47 bits per heavy atom. The molecule has 1 aliphatic heterocycles. The molecule has 1 unspecified atom stereocenters. The molecule has 0 spiro atoms. The van der Waals surface area contributed by atoms with E-state index in [2.05, 4.69) is 4.74 Å². The third-order valence-corrected chi connectivity index (χ3v) is 3.61. The summed E-state index contributed by atoms with van der Waals surface area (Å²) in [5.41, 5.74) is 0.467. The molecule has 0 N–H and O–H groups in total. The first-order valence-electron chi connectivity index (χ1n) is 5.03. The molecule has 2 heterocycles. The van der Waals surface area contributed by atoms with Gasteiger partial charge in [-0.3, -0.25) is 9.59 Å². The Labute approximate surface area is 102 Å². The molecule has 1 amide bonds. The van der Waals surface area contributed by atoms with Crippen molar-refractivity contribution < 1.29 is 14.3 Å². The number of thiophene rings is 1. The van der Waals surface area contributed by atoms with Gasteiger partial charge in [0, 0.05) is 13.0 Å². The van der Waals surface area contributed by atoms with Gasteiger partial charge in [0.05, 0.1) is 18.6 Å². The van der Waals surface area contributed by atoms with Crippen LogP contribution in [0.3, 0.4) is 0 Å². The van der Waals surface area contributed by atoms with Gasteiger partial charge in [0.2, 0.25) is 5.91 Å². The van der Waals surface area contributed by atoms with Crippen molar-refractivity contribution in [2.45, 2.75) is 6.42 Å². The highest BCUT2D eigenvalue weighted by Gasteiger charge is 2.37. The highest BCUT2D eigenvalue weighted by atomic mass is 32.1. The lowest BCUT2D eigenvalue weighted by Gasteiger charge is -2.14. The van der Waals surface area contributed by atoms with E-state index >= 15 is 0 Å². The Hall–Kier alpha value is -1.87. The van der Waals surface area contributed by atoms with Crippen LogP contribution in [0.5, 0.6) is 0 Å². The summed E-state index contributed by atoms with van der Waals surface area (Å²) in [4.78, 5) is 24.6. The second kappa shape index (κ2) is 4.55. The maximum Gasteiger partial charge on any atom is 0.311 e. The quantitative estimate of drug-likeness (QED) is 0.738. The second-order valence-electron chi connectivity index (χ2n) is 3.68. The number of nitrogens with zero attached hydrogens (tertiary/aromatic N) is 2. The first kappa shape index (κ1) is 11.6. The first-order chi connectivity index (χ1) is 8.17. The average molecular weight is 250 g/mol. The molecular weight excluding hydrogens is 240 g/mol. The van der Waals surface area contributed by atoms with Gasteiger partial charge in [-0.1, -0.05) is 0 Å². The fraction of sp³-hybridized carbons (Fsp3) is 0.364. The number of ether oxygens (including phenoxy) is 1. The minimum Gasteiger partial charge on any atom is -0.469 e. The third-order valence-electron chi connectivity index (χ3n) is 2.67.